The fourth-order valence-electron chi connectivity index (χ4n) is 2.43. The minimum absolute atomic E-state index is 0.0293. The van der Waals surface area contributed by atoms with Gasteiger partial charge in [0.05, 0.1) is 12.7 Å². The third kappa shape index (κ3) is 4.07. The molecule has 116 valence electrons. The number of hydrogen-bond donors (Lipinski definition) is 1. The van der Waals surface area contributed by atoms with Gasteiger partial charge >= 0.3 is 5.97 Å². The number of methoxy groups -OCH3 is 1. The van der Waals surface area contributed by atoms with Crippen LogP contribution in [0.4, 0.5) is 10.1 Å². The van der Waals surface area contributed by atoms with E-state index in [2.05, 4.69) is 9.64 Å². The number of piperidine rings is 1. The van der Waals surface area contributed by atoms with Crippen LogP contribution in [0.1, 0.15) is 29.6 Å². The van der Waals surface area contributed by atoms with Crippen LogP contribution in [0.2, 0.25) is 0 Å². The van der Waals surface area contributed by atoms with E-state index in [9.17, 15) is 9.18 Å². The van der Waals surface area contributed by atoms with Crippen molar-refractivity contribution in [1.82, 2.24) is 4.90 Å². The quantitative estimate of drug-likeness (QED) is 0.665. The molecule has 1 aromatic rings. The zero-order valence-corrected chi connectivity index (χ0v) is 12.2. The van der Waals surface area contributed by atoms with Gasteiger partial charge in [0.15, 0.2) is 11.6 Å². The molecular formula is C15H21FN2O3. The molecular weight excluding hydrogens is 275 g/mol. The average molecular weight is 296 g/mol. The molecule has 1 saturated heterocycles. The molecule has 5 nitrogen and oxygen atoms in total. The molecule has 0 aromatic heterocycles. The predicted molar refractivity (Wildman–Crippen MR) is 77.9 cm³/mol. The molecule has 0 radical (unpaired) electrons. The number of nitrogen functional groups attached to an aromatic ring is 1. The molecule has 21 heavy (non-hydrogen) atoms. The van der Waals surface area contributed by atoms with E-state index < -0.39 is 11.8 Å². The minimum Gasteiger partial charge on any atom is -0.489 e. The normalized spacial score (nSPS) is 15.7. The largest absolute Gasteiger partial charge is 0.489 e. The van der Waals surface area contributed by atoms with Crippen molar-refractivity contribution in [3.63, 3.8) is 0 Å². The highest BCUT2D eigenvalue weighted by Gasteiger charge is 2.16. The molecule has 0 amide bonds. The van der Waals surface area contributed by atoms with Crippen molar-refractivity contribution < 1.29 is 18.7 Å². The highest BCUT2D eigenvalue weighted by molar-refractivity contribution is 5.95. The van der Waals surface area contributed by atoms with E-state index in [1.807, 2.05) is 0 Å². The van der Waals surface area contributed by atoms with Crippen LogP contribution in [0.5, 0.6) is 5.75 Å². The maximum absolute atomic E-state index is 13.8. The Morgan fingerprint density at radius 3 is 2.71 bits per heavy atom. The van der Waals surface area contributed by atoms with Crippen LogP contribution in [0.3, 0.4) is 0 Å². The summed E-state index contributed by atoms with van der Waals surface area (Å²) in [7, 11) is 1.25. The Hall–Kier alpha value is -1.82. The molecule has 1 fully saturated rings. The van der Waals surface area contributed by atoms with E-state index in [0.29, 0.717) is 6.61 Å². The Bertz CT molecular complexity index is 502. The lowest BCUT2D eigenvalue weighted by molar-refractivity contribution is 0.0601. The molecule has 1 aliphatic rings. The molecule has 0 unspecified atom stereocenters. The van der Waals surface area contributed by atoms with E-state index in [-0.39, 0.29) is 17.0 Å². The SMILES string of the molecule is COC(=O)c1cc(OCCN2CCCCC2)c(F)cc1N. The fraction of sp³-hybridized carbons (Fsp3) is 0.533. The number of nitrogens with two attached hydrogens (primary N) is 1. The van der Waals surface area contributed by atoms with E-state index in [1.165, 1.54) is 32.4 Å². The van der Waals surface area contributed by atoms with Gasteiger partial charge in [0.1, 0.15) is 6.61 Å². The van der Waals surface area contributed by atoms with Crippen molar-refractivity contribution in [2.24, 2.45) is 0 Å². The van der Waals surface area contributed by atoms with Gasteiger partial charge in [0.2, 0.25) is 0 Å². The van der Waals surface area contributed by atoms with Crippen molar-refractivity contribution in [1.29, 1.82) is 0 Å². The number of likely N-dealkylation sites (tertiary alicyclic amines) is 1. The van der Waals surface area contributed by atoms with Crippen molar-refractivity contribution in [3.05, 3.63) is 23.5 Å². The summed E-state index contributed by atoms with van der Waals surface area (Å²) in [6.45, 7) is 3.24. The second-order valence-corrected chi connectivity index (χ2v) is 5.11. The summed E-state index contributed by atoms with van der Waals surface area (Å²) in [5.74, 6) is -1.14. The third-order valence-corrected chi connectivity index (χ3v) is 3.62. The Labute approximate surface area is 123 Å². The predicted octanol–water partition coefficient (Wildman–Crippen LogP) is 2.06. The topological polar surface area (TPSA) is 64.8 Å². The summed E-state index contributed by atoms with van der Waals surface area (Å²) in [6.07, 6.45) is 3.66. The minimum atomic E-state index is -0.603. The molecule has 2 rings (SSSR count). The van der Waals surface area contributed by atoms with Crippen molar-refractivity contribution in [2.45, 2.75) is 19.3 Å². The number of halogens is 1. The van der Waals surface area contributed by atoms with Crippen molar-refractivity contribution in [2.75, 3.05) is 39.1 Å². The molecule has 1 aromatic carbocycles. The molecule has 0 aliphatic carbocycles. The average Bonchev–Trinajstić information content (AvgIpc) is 2.49. The zero-order chi connectivity index (χ0) is 15.2. The van der Waals surface area contributed by atoms with Gasteiger partial charge in [-0.05, 0) is 32.0 Å². The first kappa shape index (κ1) is 15.6. The monoisotopic (exact) mass is 296 g/mol. The van der Waals surface area contributed by atoms with Crippen LogP contribution in [-0.2, 0) is 4.74 Å². The van der Waals surface area contributed by atoms with E-state index in [4.69, 9.17) is 10.5 Å². The van der Waals surface area contributed by atoms with Crippen LogP contribution in [0, 0.1) is 5.82 Å². The molecule has 1 heterocycles. The van der Waals surface area contributed by atoms with Gasteiger partial charge in [-0.2, -0.15) is 0 Å². The summed E-state index contributed by atoms with van der Waals surface area (Å²) in [5.41, 5.74) is 5.77. The molecule has 0 spiro atoms. The van der Waals surface area contributed by atoms with Gasteiger partial charge in [-0.15, -0.1) is 0 Å². The summed E-state index contributed by atoms with van der Waals surface area (Å²) in [5, 5.41) is 0. The molecule has 0 saturated carbocycles. The van der Waals surface area contributed by atoms with E-state index in [0.717, 1.165) is 25.7 Å². The number of rotatable bonds is 5. The van der Waals surface area contributed by atoms with Crippen LogP contribution in [0.25, 0.3) is 0 Å². The molecule has 1 aliphatic heterocycles. The van der Waals surface area contributed by atoms with Crippen LogP contribution >= 0.6 is 0 Å². The highest BCUT2D eigenvalue weighted by Crippen LogP contribution is 2.25. The number of ether oxygens (including phenoxy) is 2. The van der Waals surface area contributed by atoms with Crippen molar-refractivity contribution in [3.8, 4) is 5.75 Å². The van der Waals surface area contributed by atoms with Gasteiger partial charge in [-0.25, -0.2) is 9.18 Å². The van der Waals surface area contributed by atoms with Crippen molar-refractivity contribution >= 4 is 11.7 Å². The number of carbonyl (C=O) groups is 1. The number of nitrogens with zero attached hydrogens (tertiary/aromatic N) is 1. The second kappa shape index (κ2) is 7.26. The first-order chi connectivity index (χ1) is 10.1. The number of esters is 1. The van der Waals surface area contributed by atoms with Gasteiger partial charge < -0.3 is 15.2 Å². The Morgan fingerprint density at radius 2 is 2.05 bits per heavy atom. The van der Waals surface area contributed by atoms with Gasteiger partial charge in [0, 0.05) is 18.3 Å². The smallest absolute Gasteiger partial charge is 0.340 e. The molecule has 6 heteroatoms. The maximum Gasteiger partial charge on any atom is 0.340 e. The first-order valence-electron chi connectivity index (χ1n) is 7.14. The molecule has 2 N–H and O–H groups in total. The highest BCUT2D eigenvalue weighted by atomic mass is 19.1. The lowest BCUT2D eigenvalue weighted by atomic mass is 10.1. The number of benzene rings is 1. The lowest BCUT2D eigenvalue weighted by Crippen LogP contribution is -2.33. The summed E-state index contributed by atoms with van der Waals surface area (Å²) < 4.78 is 23.8. The lowest BCUT2D eigenvalue weighted by Gasteiger charge is -2.26. The van der Waals surface area contributed by atoms with Crippen LogP contribution in [0.15, 0.2) is 12.1 Å². The summed E-state index contributed by atoms with van der Waals surface area (Å²) in [6, 6.07) is 2.38. The van der Waals surface area contributed by atoms with E-state index >= 15 is 0 Å². The van der Waals surface area contributed by atoms with Crippen LogP contribution < -0.4 is 10.5 Å². The van der Waals surface area contributed by atoms with Gasteiger partial charge in [0.25, 0.3) is 0 Å². The number of hydrogen-bond acceptors (Lipinski definition) is 5. The number of carbonyl (C=O) groups excluding carboxylic acids is 1. The summed E-state index contributed by atoms with van der Waals surface area (Å²) >= 11 is 0. The third-order valence-electron chi connectivity index (χ3n) is 3.62. The van der Waals surface area contributed by atoms with Gasteiger partial charge in [-0.1, -0.05) is 6.42 Å². The van der Waals surface area contributed by atoms with Crippen LogP contribution in [-0.4, -0.2) is 44.2 Å². The standard InChI is InChI=1S/C15H21FN2O3/c1-20-15(19)11-9-14(12(16)10-13(11)17)21-8-7-18-5-3-2-4-6-18/h9-10H,2-8,17H2,1H3. The first-order valence-corrected chi connectivity index (χ1v) is 7.14. The number of anilines is 1. The Kier molecular flexibility index (Phi) is 5.38. The van der Waals surface area contributed by atoms with Gasteiger partial charge in [-0.3, -0.25) is 4.90 Å². The molecule has 0 bridgehead atoms. The Morgan fingerprint density at radius 1 is 1.33 bits per heavy atom. The van der Waals surface area contributed by atoms with E-state index in [1.54, 1.807) is 0 Å². The summed E-state index contributed by atoms with van der Waals surface area (Å²) in [4.78, 5) is 13.8. The maximum atomic E-state index is 13.8. The Balaban J connectivity index is 1.97. The second-order valence-electron chi connectivity index (χ2n) is 5.11. The molecule has 0 atom stereocenters. The fourth-order valence-corrected chi connectivity index (χ4v) is 2.43. The zero-order valence-electron chi connectivity index (χ0n) is 12.2.